The van der Waals surface area contributed by atoms with Crippen molar-refractivity contribution in [2.75, 3.05) is 12.4 Å². The average Bonchev–Trinajstić information content (AvgIpc) is 3.46. The first-order chi connectivity index (χ1) is 17.6. The van der Waals surface area contributed by atoms with E-state index in [0.29, 0.717) is 21.3 Å². The number of Topliss-reactive ketones (excluding diaryl/α,β-unsaturated/α-hetero) is 1. The van der Waals surface area contributed by atoms with Crippen molar-refractivity contribution in [2.24, 2.45) is 0 Å². The first-order valence-corrected chi connectivity index (χ1v) is 13.6. The third-order valence-electron chi connectivity index (χ3n) is 5.78. The summed E-state index contributed by atoms with van der Waals surface area (Å²) in [5, 5.41) is 0.697. The number of imidazole rings is 1. The summed E-state index contributed by atoms with van der Waals surface area (Å²) in [6.45, 7) is 2.57. The molecule has 0 amide bonds. The number of para-hydroxylation sites is 2. The van der Waals surface area contributed by atoms with Gasteiger partial charge in [-0.2, -0.15) is 0 Å². The van der Waals surface area contributed by atoms with Crippen LogP contribution in [0.1, 0.15) is 17.3 Å². The lowest BCUT2D eigenvalue weighted by molar-refractivity contribution is 0.102. The molecule has 0 aliphatic heterocycles. The van der Waals surface area contributed by atoms with Gasteiger partial charge in [0.05, 0.1) is 23.4 Å². The molecule has 0 aliphatic carbocycles. The van der Waals surface area contributed by atoms with Crippen LogP contribution in [0.3, 0.4) is 0 Å². The van der Waals surface area contributed by atoms with Crippen LogP contribution < -0.4 is 4.74 Å². The lowest BCUT2D eigenvalue weighted by Gasteiger charge is -2.09. The van der Waals surface area contributed by atoms with Gasteiger partial charge in [-0.25, -0.2) is 9.97 Å². The van der Waals surface area contributed by atoms with Crippen molar-refractivity contribution in [3.8, 4) is 11.4 Å². The zero-order chi connectivity index (χ0) is 24.6. The Hall–Kier alpha value is -3.53. The predicted octanol–water partition coefficient (Wildman–Crippen LogP) is 6.99. The van der Waals surface area contributed by atoms with Crippen molar-refractivity contribution in [1.82, 2.24) is 18.9 Å². The van der Waals surface area contributed by atoms with Crippen molar-refractivity contribution in [2.45, 2.75) is 12.1 Å². The van der Waals surface area contributed by atoms with Crippen LogP contribution in [0.4, 0.5) is 0 Å². The molecule has 0 atom stereocenters. The van der Waals surface area contributed by atoms with Gasteiger partial charge in [0, 0.05) is 11.3 Å². The largest absolute Gasteiger partial charge is 0.494 e. The monoisotopic (exact) mass is 528 g/mol. The number of thioether (sulfide) groups is 1. The maximum absolute atomic E-state index is 12.9. The standard InChI is InChI=1S/C27H20N4O2S3/c1-2-33-19-14-12-18(13-15-19)30-25-23(36-27(30)34)24-28-20-10-6-7-11-21(20)31(24)26(29-25)35-16-22(32)17-8-4-3-5-9-17/h3-15H,2,16H2,1H3. The number of aromatic nitrogens is 4. The molecule has 0 bridgehead atoms. The van der Waals surface area contributed by atoms with E-state index in [1.807, 2.05) is 94.8 Å². The van der Waals surface area contributed by atoms with Gasteiger partial charge >= 0.3 is 0 Å². The van der Waals surface area contributed by atoms with Crippen LogP contribution in [0.25, 0.3) is 32.7 Å². The van der Waals surface area contributed by atoms with Crippen molar-refractivity contribution in [1.29, 1.82) is 0 Å². The Kier molecular flexibility index (Phi) is 6.04. The number of carbonyl (C=O) groups is 1. The third-order valence-corrected chi connectivity index (χ3v) is 8.08. The van der Waals surface area contributed by atoms with Gasteiger partial charge in [-0.3, -0.25) is 13.8 Å². The Bertz CT molecular complexity index is 1790. The van der Waals surface area contributed by atoms with E-state index in [4.69, 9.17) is 26.9 Å². The van der Waals surface area contributed by atoms with Gasteiger partial charge in [0.25, 0.3) is 0 Å². The number of ketones is 1. The Morgan fingerprint density at radius 2 is 1.72 bits per heavy atom. The molecule has 178 valence electrons. The fourth-order valence-corrected chi connectivity index (χ4v) is 6.39. The van der Waals surface area contributed by atoms with Crippen LogP contribution in [0.15, 0.2) is 84.0 Å². The fourth-order valence-electron chi connectivity index (χ4n) is 4.15. The molecular formula is C27H20N4O2S3. The minimum absolute atomic E-state index is 0.0498. The molecule has 0 saturated heterocycles. The predicted molar refractivity (Wildman–Crippen MR) is 149 cm³/mol. The summed E-state index contributed by atoms with van der Waals surface area (Å²) in [5.41, 5.74) is 4.92. The molecule has 6 rings (SSSR count). The summed E-state index contributed by atoms with van der Waals surface area (Å²) in [6.07, 6.45) is 0. The summed E-state index contributed by atoms with van der Waals surface area (Å²) in [5.74, 6) is 1.12. The highest BCUT2D eigenvalue weighted by molar-refractivity contribution is 7.99. The highest BCUT2D eigenvalue weighted by Crippen LogP contribution is 2.34. The smallest absolute Gasteiger partial charge is 0.176 e. The minimum atomic E-state index is 0.0498. The van der Waals surface area contributed by atoms with Gasteiger partial charge in [-0.1, -0.05) is 65.6 Å². The number of benzene rings is 3. The third kappa shape index (κ3) is 3.99. The zero-order valence-electron chi connectivity index (χ0n) is 19.2. The van der Waals surface area contributed by atoms with Crippen molar-refractivity contribution >= 4 is 68.1 Å². The SMILES string of the molecule is CCOc1ccc(-n2c(=S)sc3c2nc(SCC(=O)c2ccccc2)n2c4ccccc4nc32)cc1. The average molecular weight is 529 g/mol. The molecule has 0 N–H and O–H groups in total. The number of ether oxygens (including phenoxy) is 1. The Morgan fingerprint density at radius 1 is 0.972 bits per heavy atom. The second kappa shape index (κ2) is 9.50. The summed E-state index contributed by atoms with van der Waals surface area (Å²) in [7, 11) is 0. The quantitative estimate of drug-likeness (QED) is 0.0963. The second-order valence-corrected chi connectivity index (χ2v) is 10.6. The minimum Gasteiger partial charge on any atom is -0.494 e. The fraction of sp³-hybridized carbons (Fsp3) is 0.111. The number of hydrogen-bond acceptors (Lipinski definition) is 7. The molecule has 6 nitrogen and oxygen atoms in total. The molecule has 3 aromatic carbocycles. The van der Waals surface area contributed by atoms with Crippen LogP contribution in [0.5, 0.6) is 5.75 Å². The molecule has 0 fully saturated rings. The first kappa shape index (κ1) is 22.9. The lowest BCUT2D eigenvalue weighted by Crippen LogP contribution is -2.05. The van der Waals surface area contributed by atoms with E-state index >= 15 is 0 Å². The second-order valence-electron chi connectivity index (χ2n) is 8.01. The van der Waals surface area contributed by atoms with Crippen LogP contribution in [-0.4, -0.2) is 37.1 Å². The maximum Gasteiger partial charge on any atom is 0.176 e. The van der Waals surface area contributed by atoms with Crippen LogP contribution in [0.2, 0.25) is 0 Å². The van der Waals surface area contributed by atoms with Crippen LogP contribution in [-0.2, 0) is 0 Å². The molecule has 0 spiro atoms. The molecule has 0 unspecified atom stereocenters. The molecule has 0 saturated carbocycles. The molecule has 3 aromatic heterocycles. The maximum atomic E-state index is 12.9. The number of nitrogens with zero attached hydrogens (tertiary/aromatic N) is 4. The van der Waals surface area contributed by atoms with Crippen LogP contribution in [0, 0.1) is 3.95 Å². The van der Waals surface area contributed by atoms with E-state index in [1.54, 1.807) is 0 Å². The Morgan fingerprint density at radius 3 is 2.50 bits per heavy atom. The van der Waals surface area contributed by atoms with Crippen LogP contribution >= 0.6 is 35.3 Å². The van der Waals surface area contributed by atoms with Gasteiger partial charge < -0.3 is 4.74 Å². The van der Waals surface area contributed by atoms with Gasteiger partial charge in [0.15, 0.2) is 26.2 Å². The summed E-state index contributed by atoms with van der Waals surface area (Å²) < 4.78 is 11.2. The number of carbonyl (C=O) groups excluding carboxylic acids is 1. The number of rotatable bonds is 7. The van der Waals surface area contributed by atoms with Gasteiger partial charge in [-0.15, -0.1) is 0 Å². The Labute approximate surface area is 220 Å². The molecule has 0 aliphatic rings. The number of hydrogen-bond donors (Lipinski definition) is 0. The molecule has 6 aromatic rings. The van der Waals surface area contributed by atoms with Gasteiger partial charge in [-0.05, 0) is 55.5 Å². The Balaban J connectivity index is 1.53. The molecule has 3 heterocycles. The normalized spacial score (nSPS) is 11.5. The van der Waals surface area contributed by atoms with Crippen molar-refractivity contribution in [3.63, 3.8) is 0 Å². The zero-order valence-corrected chi connectivity index (χ0v) is 21.7. The summed E-state index contributed by atoms with van der Waals surface area (Å²) in [6, 6.07) is 25.1. The molecular weight excluding hydrogens is 509 g/mol. The summed E-state index contributed by atoms with van der Waals surface area (Å²) in [4.78, 5) is 22.9. The number of fused-ring (bicyclic) bond motifs is 5. The molecule has 0 radical (unpaired) electrons. The molecule has 9 heteroatoms. The van der Waals surface area contributed by atoms with E-state index in [0.717, 1.165) is 38.5 Å². The first-order valence-electron chi connectivity index (χ1n) is 11.4. The van der Waals surface area contributed by atoms with Crippen molar-refractivity contribution < 1.29 is 9.53 Å². The molecule has 36 heavy (non-hydrogen) atoms. The van der Waals surface area contributed by atoms with Gasteiger partial charge in [0.1, 0.15) is 10.4 Å². The highest BCUT2D eigenvalue weighted by Gasteiger charge is 2.20. The van der Waals surface area contributed by atoms with E-state index in [2.05, 4.69) is 0 Å². The lowest BCUT2D eigenvalue weighted by atomic mass is 10.2. The highest BCUT2D eigenvalue weighted by atomic mass is 32.2. The van der Waals surface area contributed by atoms with E-state index in [9.17, 15) is 4.79 Å². The number of thiazole rings is 1. The van der Waals surface area contributed by atoms with E-state index in [1.165, 1.54) is 23.1 Å². The van der Waals surface area contributed by atoms with Crippen molar-refractivity contribution in [3.05, 3.63) is 88.4 Å². The van der Waals surface area contributed by atoms with Gasteiger partial charge in [0.2, 0.25) is 0 Å². The van der Waals surface area contributed by atoms with E-state index in [-0.39, 0.29) is 11.5 Å². The summed E-state index contributed by atoms with van der Waals surface area (Å²) >= 11 is 8.68. The topological polar surface area (TPSA) is 61.4 Å². The van der Waals surface area contributed by atoms with E-state index < -0.39 is 0 Å².